The van der Waals surface area contributed by atoms with Gasteiger partial charge in [-0.2, -0.15) is 0 Å². The number of hydrogen-bond donors (Lipinski definition) is 0. The zero-order chi connectivity index (χ0) is 24.1. The van der Waals surface area contributed by atoms with Crippen LogP contribution in [0.15, 0.2) is 48.5 Å². The van der Waals surface area contributed by atoms with Crippen molar-refractivity contribution in [2.45, 2.75) is 58.0 Å². The van der Waals surface area contributed by atoms with E-state index in [9.17, 15) is 4.79 Å². The Morgan fingerprint density at radius 2 is 1.61 bits per heavy atom. The Balaban J connectivity index is 1.57. The van der Waals surface area contributed by atoms with Gasteiger partial charge in [-0.1, -0.05) is 38.1 Å². The first-order valence-electron chi connectivity index (χ1n) is 11.1. The lowest BCUT2D eigenvalue weighted by Gasteiger charge is -2.26. The van der Waals surface area contributed by atoms with E-state index in [1.807, 2.05) is 50.2 Å². The number of hydrogen-bond acceptors (Lipinski definition) is 6. The molecule has 1 aliphatic rings. The molecule has 0 aromatic heterocycles. The van der Waals surface area contributed by atoms with Crippen molar-refractivity contribution in [1.82, 2.24) is 0 Å². The van der Waals surface area contributed by atoms with E-state index in [0.29, 0.717) is 19.0 Å². The Kier molecular flexibility index (Phi) is 8.27. The zero-order valence-corrected chi connectivity index (χ0v) is 20.7. The van der Waals surface area contributed by atoms with Gasteiger partial charge in [0.2, 0.25) is 0 Å². The average Bonchev–Trinajstić information content (AvgIpc) is 3.14. The Morgan fingerprint density at radius 3 is 2.06 bits per heavy atom. The minimum atomic E-state index is -0.545. The maximum atomic E-state index is 11.1. The lowest BCUT2D eigenvalue weighted by atomic mass is 9.78. The van der Waals surface area contributed by atoms with Crippen molar-refractivity contribution in [1.29, 1.82) is 0 Å². The van der Waals surface area contributed by atoms with E-state index < -0.39 is 11.9 Å². The van der Waals surface area contributed by atoms with Crippen LogP contribution in [0.2, 0.25) is 0 Å². The predicted octanol–water partition coefficient (Wildman–Crippen LogP) is 5.09. The van der Waals surface area contributed by atoms with Crippen LogP contribution in [0.3, 0.4) is 0 Å². The molecular formula is C26H33ClO6. The van der Waals surface area contributed by atoms with Gasteiger partial charge in [0, 0.05) is 12.3 Å². The first kappa shape index (κ1) is 25.3. The molecule has 3 rings (SSSR count). The van der Waals surface area contributed by atoms with Crippen LogP contribution in [0.25, 0.3) is 0 Å². The summed E-state index contributed by atoms with van der Waals surface area (Å²) < 4.78 is 28.1. The van der Waals surface area contributed by atoms with Crippen LogP contribution in [-0.2, 0) is 24.4 Å². The van der Waals surface area contributed by atoms with E-state index in [1.54, 1.807) is 0 Å². The van der Waals surface area contributed by atoms with Crippen LogP contribution < -0.4 is 9.47 Å². The summed E-state index contributed by atoms with van der Waals surface area (Å²) in [5, 5.41) is 0. The number of benzene rings is 2. The van der Waals surface area contributed by atoms with Crippen molar-refractivity contribution in [2.24, 2.45) is 0 Å². The van der Waals surface area contributed by atoms with E-state index in [4.69, 9.17) is 35.3 Å². The maximum absolute atomic E-state index is 11.1. The minimum absolute atomic E-state index is 0.0643. The fraction of sp³-hybridized carbons (Fsp3) is 0.500. The quantitative estimate of drug-likeness (QED) is 0.351. The van der Waals surface area contributed by atoms with Crippen molar-refractivity contribution < 1.29 is 28.5 Å². The van der Waals surface area contributed by atoms with E-state index in [2.05, 4.69) is 26.0 Å². The maximum Gasteiger partial charge on any atom is 0.303 e. The Hall–Kier alpha value is -2.28. The summed E-state index contributed by atoms with van der Waals surface area (Å²) >= 11 is 5.83. The summed E-state index contributed by atoms with van der Waals surface area (Å²) in [7, 11) is 0. The third-order valence-corrected chi connectivity index (χ3v) is 5.94. The number of ether oxygens (including phenoxy) is 5. The Labute approximate surface area is 201 Å². The summed E-state index contributed by atoms with van der Waals surface area (Å²) in [4.78, 5) is 11.1. The van der Waals surface area contributed by atoms with Crippen LogP contribution in [0.4, 0.5) is 0 Å². The van der Waals surface area contributed by atoms with Gasteiger partial charge in [0.15, 0.2) is 5.79 Å². The van der Waals surface area contributed by atoms with Gasteiger partial charge >= 0.3 is 5.97 Å². The first-order chi connectivity index (χ1) is 15.6. The molecule has 2 atom stereocenters. The monoisotopic (exact) mass is 476 g/mol. The third kappa shape index (κ3) is 7.10. The molecule has 0 aliphatic carbocycles. The lowest BCUT2D eigenvalue weighted by molar-refractivity contribution is -0.146. The fourth-order valence-electron chi connectivity index (χ4n) is 3.67. The largest absolute Gasteiger partial charge is 0.491 e. The highest BCUT2D eigenvalue weighted by atomic mass is 35.5. The standard InChI is InChI=1S/C26H33ClO6/c1-18(28)32-23(14-27)15-29-21-10-6-19(7-11-21)25(2,3)20-8-12-22(13-9-20)30-16-24-17-31-26(4,5)33-24/h6-13,23-24H,14-17H2,1-5H3. The number of halogens is 1. The molecule has 1 fully saturated rings. The molecule has 1 aliphatic heterocycles. The zero-order valence-electron chi connectivity index (χ0n) is 19.9. The topological polar surface area (TPSA) is 63.2 Å². The number of carbonyl (C=O) groups excluding carboxylic acids is 1. The highest BCUT2D eigenvalue weighted by Gasteiger charge is 2.33. The van der Waals surface area contributed by atoms with Crippen molar-refractivity contribution in [3.8, 4) is 11.5 Å². The second-order valence-corrected chi connectivity index (χ2v) is 9.44. The molecule has 0 amide bonds. The summed E-state index contributed by atoms with van der Waals surface area (Å²) in [6, 6.07) is 16.0. The molecule has 0 saturated carbocycles. The van der Waals surface area contributed by atoms with Crippen molar-refractivity contribution in [3.63, 3.8) is 0 Å². The van der Waals surface area contributed by atoms with Gasteiger partial charge in [-0.15, -0.1) is 11.6 Å². The molecule has 7 heteroatoms. The summed E-state index contributed by atoms with van der Waals surface area (Å²) in [5.41, 5.74) is 2.11. The predicted molar refractivity (Wildman–Crippen MR) is 127 cm³/mol. The molecule has 2 unspecified atom stereocenters. The Morgan fingerprint density at radius 1 is 1.06 bits per heavy atom. The third-order valence-electron chi connectivity index (χ3n) is 5.60. The Bertz CT molecular complexity index is 907. The summed E-state index contributed by atoms with van der Waals surface area (Å²) in [6.45, 7) is 10.7. The highest BCUT2D eigenvalue weighted by Crippen LogP contribution is 2.33. The van der Waals surface area contributed by atoms with Crippen LogP contribution in [0.1, 0.15) is 45.7 Å². The van der Waals surface area contributed by atoms with Gasteiger partial charge in [-0.05, 0) is 49.2 Å². The SMILES string of the molecule is CC(=O)OC(CCl)COc1ccc(C(C)(C)c2ccc(OCC3COC(C)(C)O3)cc2)cc1. The number of carbonyl (C=O) groups is 1. The molecule has 2 aromatic carbocycles. The van der Waals surface area contributed by atoms with Gasteiger partial charge in [-0.3, -0.25) is 4.79 Å². The lowest BCUT2D eigenvalue weighted by Crippen LogP contribution is -2.25. The smallest absolute Gasteiger partial charge is 0.303 e. The van der Waals surface area contributed by atoms with Crippen molar-refractivity contribution in [2.75, 3.05) is 25.7 Å². The fourth-order valence-corrected chi connectivity index (χ4v) is 3.82. The van der Waals surface area contributed by atoms with Crippen LogP contribution >= 0.6 is 11.6 Å². The van der Waals surface area contributed by atoms with Crippen LogP contribution in [-0.4, -0.2) is 49.7 Å². The first-order valence-corrected chi connectivity index (χ1v) is 11.6. The molecule has 0 spiro atoms. The molecule has 0 bridgehead atoms. The highest BCUT2D eigenvalue weighted by molar-refractivity contribution is 6.18. The number of alkyl halides is 1. The number of esters is 1. The molecule has 1 saturated heterocycles. The van der Waals surface area contributed by atoms with E-state index in [1.165, 1.54) is 12.5 Å². The second kappa shape index (κ2) is 10.8. The van der Waals surface area contributed by atoms with Gasteiger partial charge < -0.3 is 23.7 Å². The second-order valence-electron chi connectivity index (χ2n) is 9.13. The van der Waals surface area contributed by atoms with Crippen LogP contribution in [0.5, 0.6) is 11.5 Å². The van der Waals surface area contributed by atoms with Gasteiger partial charge in [0.1, 0.15) is 36.9 Å². The van der Waals surface area contributed by atoms with E-state index in [0.717, 1.165) is 11.3 Å². The minimum Gasteiger partial charge on any atom is -0.491 e. The van der Waals surface area contributed by atoms with Gasteiger partial charge in [0.25, 0.3) is 0 Å². The summed E-state index contributed by atoms with van der Waals surface area (Å²) in [5.74, 6) is 0.762. The van der Waals surface area contributed by atoms with Crippen LogP contribution in [0, 0.1) is 0 Å². The normalized spacial score (nSPS) is 18.5. The van der Waals surface area contributed by atoms with Gasteiger partial charge in [0.05, 0.1) is 12.5 Å². The molecule has 6 nitrogen and oxygen atoms in total. The molecule has 1 heterocycles. The van der Waals surface area contributed by atoms with E-state index in [-0.39, 0.29) is 30.0 Å². The van der Waals surface area contributed by atoms with Crippen molar-refractivity contribution >= 4 is 17.6 Å². The number of rotatable bonds is 10. The van der Waals surface area contributed by atoms with Crippen molar-refractivity contribution in [3.05, 3.63) is 59.7 Å². The molecule has 2 aromatic rings. The van der Waals surface area contributed by atoms with Gasteiger partial charge in [-0.25, -0.2) is 0 Å². The molecular weight excluding hydrogens is 444 g/mol. The summed E-state index contributed by atoms with van der Waals surface area (Å²) in [6.07, 6.45) is -0.536. The molecule has 0 radical (unpaired) electrons. The molecule has 0 N–H and O–H groups in total. The molecule has 33 heavy (non-hydrogen) atoms. The average molecular weight is 477 g/mol. The molecule has 180 valence electrons. The van der Waals surface area contributed by atoms with E-state index >= 15 is 0 Å².